The lowest BCUT2D eigenvalue weighted by atomic mass is 9.49. The normalized spacial score (nSPS) is 39.1. The van der Waals surface area contributed by atoms with Crippen molar-refractivity contribution in [1.29, 1.82) is 0 Å². The number of rotatable bonds is 4. The highest BCUT2D eigenvalue weighted by Crippen LogP contribution is 2.61. The van der Waals surface area contributed by atoms with Crippen LogP contribution in [0.1, 0.15) is 103 Å². The third kappa shape index (κ3) is 3.41. The molecule has 168 valence electrons. The Morgan fingerprint density at radius 3 is 1.37 bits per heavy atom. The summed E-state index contributed by atoms with van der Waals surface area (Å²) in [5, 5.41) is 0. The first kappa shape index (κ1) is 20.8. The Kier molecular flexibility index (Phi) is 5.42. The van der Waals surface area contributed by atoms with Gasteiger partial charge in [-0.25, -0.2) is 0 Å². The Bertz CT molecular complexity index is 609. The Balaban J connectivity index is 1.37. The molecule has 0 aromatic carbocycles. The minimum atomic E-state index is -0.000279. The van der Waals surface area contributed by atoms with Gasteiger partial charge in [-0.1, -0.05) is 38.5 Å². The van der Waals surface area contributed by atoms with Crippen LogP contribution in [0.3, 0.4) is 0 Å². The van der Waals surface area contributed by atoms with Crippen LogP contribution in [0.15, 0.2) is 0 Å². The van der Waals surface area contributed by atoms with Crippen LogP contribution in [0.2, 0.25) is 0 Å². The van der Waals surface area contributed by atoms with Gasteiger partial charge < -0.3 is 9.80 Å². The maximum Gasteiger partial charge on any atom is 0.225 e. The molecule has 0 aliphatic heterocycles. The lowest BCUT2D eigenvalue weighted by Gasteiger charge is -2.66. The Morgan fingerprint density at radius 1 is 0.633 bits per heavy atom. The lowest BCUT2D eigenvalue weighted by molar-refractivity contribution is -0.173. The van der Waals surface area contributed by atoms with E-state index in [2.05, 4.69) is 23.9 Å². The van der Waals surface area contributed by atoms with Crippen LogP contribution in [-0.4, -0.2) is 46.8 Å². The summed E-state index contributed by atoms with van der Waals surface area (Å²) in [5.41, 5.74) is -0.000558. The van der Waals surface area contributed by atoms with Gasteiger partial charge in [0, 0.05) is 37.0 Å². The molecule has 0 spiro atoms. The van der Waals surface area contributed by atoms with Crippen molar-refractivity contribution in [2.75, 3.05) is 14.1 Å². The molecular formula is C26H42N2O2. The predicted molar refractivity (Wildman–Crippen MR) is 119 cm³/mol. The summed E-state index contributed by atoms with van der Waals surface area (Å²) >= 11 is 0. The van der Waals surface area contributed by atoms with E-state index in [9.17, 15) is 9.59 Å². The second kappa shape index (κ2) is 7.81. The second-order valence-corrected chi connectivity index (χ2v) is 11.9. The van der Waals surface area contributed by atoms with Gasteiger partial charge in [0.2, 0.25) is 11.8 Å². The number of amides is 2. The molecule has 4 heteroatoms. The van der Waals surface area contributed by atoms with E-state index in [4.69, 9.17) is 0 Å². The molecule has 6 rings (SSSR count). The van der Waals surface area contributed by atoms with Crippen LogP contribution in [0.5, 0.6) is 0 Å². The molecule has 4 nitrogen and oxygen atoms in total. The summed E-state index contributed by atoms with van der Waals surface area (Å²) in [7, 11) is 4.22. The molecule has 0 unspecified atom stereocenters. The highest BCUT2D eigenvalue weighted by molar-refractivity contribution is 5.81. The van der Waals surface area contributed by atoms with Gasteiger partial charge in [-0.05, 0) is 76.0 Å². The van der Waals surface area contributed by atoms with Crippen LogP contribution in [0.4, 0.5) is 0 Å². The van der Waals surface area contributed by atoms with E-state index >= 15 is 0 Å². The molecule has 4 bridgehead atoms. The highest BCUT2D eigenvalue weighted by atomic mass is 16.2. The van der Waals surface area contributed by atoms with Gasteiger partial charge in [-0.2, -0.15) is 0 Å². The zero-order valence-electron chi connectivity index (χ0n) is 19.3. The molecule has 0 N–H and O–H groups in total. The van der Waals surface area contributed by atoms with Gasteiger partial charge in [0.1, 0.15) is 0 Å². The fourth-order valence-corrected chi connectivity index (χ4v) is 8.67. The van der Waals surface area contributed by atoms with Gasteiger partial charge in [0.15, 0.2) is 0 Å². The summed E-state index contributed by atoms with van der Waals surface area (Å²) in [6.45, 7) is 0. The summed E-state index contributed by atoms with van der Waals surface area (Å²) < 4.78 is 0. The maximum absolute atomic E-state index is 13.5. The number of carbonyl (C=O) groups excluding carboxylic acids is 2. The molecular weight excluding hydrogens is 372 g/mol. The molecule has 6 aliphatic rings. The largest absolute Gasteiger partial charge is 0.340 e. The molecule has 6 aliphatic carbocycles. The number of hydrogen-bond donors (Lipinski definition) is 0. The molecule has 0 aromatic rings. The van der Waals surface area contributed by atoms with E-state index in [-0.39, 0.29) is 22.9 Å². The smallest absolute Gasteiger partial charge is 0.225 e. The summed E-state index contributed by atoms with van der Waals surface area (Å²) in [4.78, 5) is 31.5. The van der Waals surface area contributed by atoms with E-state index in [0.29, 0.717) is 23.7 Å². The van der Waals surface area contributed by atoms with Crippen molar-refractivity contribution >= 4 is 11.8 Å². The average molecular weight is 415 g/mol. The fraction of sp³-hybridized carbons (Fsp3) is 0.923. The topological polar surface area (TPSA) is 40.6 Å². The molecule has 2 amide bonds. The van der Waals surface area contributed by atoms with E-state index in [1.165, 1.54) is 70.6 Å². The molecule has 0 saturated heterocycles. The van der Waals surface area contributed by atoms with Crippen molar-refractivity contribution in [2.45, 2.75) is 114 Å². The van der Waals surface area contributed by atoms with E-state index in [1.54, 1.807) is 0 Å². The lowest BCUT2D eigenvalue weighted by Crippen LogP contribution is -2.70. The third-order valence-corrected chi connectivity index (χ3v) is 9.99. The zero-order valence-corrected chi connectivity index (χ0v) is 19.3. The third-order valence-electron chi connectivity index (χ3n) is 9.99. The van der Waals surface area contributed by atoms with Crippen molar-refractivity contribution in [3.63, 3.8) is 0 Å². The first-order valence-electron chi connectivity index (χ1n) is 13.0. The first-order valence-corrected chi connectivity index (χ1v) is 13.0. The molecule has 0 aromatic heterocycles. The predicted octanol–water partition coefficient (Wildman–Crippen LogP) is 5.16. The number of carbonyl (C=O) groups is 2. The zero-order chi connectivity index (χ0) is 20.9. The van der Waals surface area contributed by atoms with Gasteiger partial charge in [-0.3, -0.25) is 9.59 Å². The van der Waals surface area contributed by atoms with E-state index < -0.39 is 0 Å². The Labute approximate surface area is 183 Å². The molecule has 30 heavy (non-hydrogen) atoms. The Hall–Kier alpha value is -1.06. The summed E-state index contributed by atoms with van der Waals surface area (Å²) in [6.07, 6.45) is 18.8. The summed E-state index contributed by atoms with van der Waals surface area (Å²) in [6, 6.07) is 0. The molecule has 6 saturated carbocycles. The van der Waals surface area contributed by atoms with Crippen molar-refractivity contribution in [3.05, 3.63) is 0 Å². The van der Waals surface area contributed by atoms with Gasteiger partial charge in [-0.15, -0.1) is 0 Å². The minimum Gasteiger partial charge on any atom is -0.340 e. The van der Waals surface area contributed by atoms with Gasteiger partial charge in [0.25, 0.3) is 0 Å². The van der Waals surface area contributed by atoms with Crippen molar-refractivity contribution in [1.82, 2.24) is 9.80 Å². The SMILES string of the molecule is CN(C(=O)C1CCCCC1)C12CC3CC(C1)CC(N(C)C(=O)C1CCCCC1)(C3)C2. The van der Waals surface area contributed by atoms with Crippen LogP contribution in [0, 0.1) is 23.7 Å². The van der Waals surface area contributed by atoms with Crippen LogP contribution >= 0.6 is 0 Å². The van der Waals surface area contributed by atoms with E-state index in [1.807, 2.05) is 0 Å². The Morgan fingerprint density at radius 2 is 1.00 bits per heavy atom. The maximum atomic E-state index is 13.5. The standard InChI is InChI=1S/C26H42N2O2/c1-27(23(29)21-9-5-3-6-10-21)25-14-19-13-20(15-25)17-26(16-19,18-25)28(2)24(30)22-11-7-4-8-12-22/h19-22H,3-18H2,1-2H3. The monoisotopic (exact) mass is 414 g/mol. The summed E-state index contributed by atoms with van der Waals surface area (Å²) in [5.74, 6) is 2.69. The van der Waals surface area contributed by atoms with Crippen LogP contribution in [0.25, 0.3) is 0 Å². The first-order chi connectivity index (χ1) is 14.4. The van der Waals surface area contributed by atoms with Crippen LogP contribution < -0.4 is 0 Å². The van der Waals surface area contributed by atoms with Crippen LogP contribution in [-0.2, 0) is 9.59 Å². The highest BCUT2D eigenvalue weighted by Gasteiger charge is 2.62. The quantitative estimate of drug-likeness (QED) is 0.638. The minimum absolute atomic E-state index is 0.000279. The van der Waals surface area contributed by atoms with Crippen molar-refractivity contribution < 1.29 is 9.59 Å². The molecule has 0 radical (unpaired) electrons. The van der Waals surface area contributed by atoms with Gasteiger partial charge in [0.05, 0.1) is 0 Å². The molecule has 0 atom stereocenters. The number of nitrogens with zero attached hydrogens (tertiary/aromatic N) is 2. The van der Waals surface area contributed by atoms with Crippen molar-refractivity contribution in [3.8, 4) is 0 Å². The van der Waals surface area contributed by atoms with Gasteiger partial charge >= 0.3 is 0 Å². The van der Waals surface area contributed by atoms with E-state index in [0.717, 1.165) is 32.1 Å². The average Bonchev–Trinajstić information content (AvgIpc) is 2.77. The fourth-order valence-electron chi connectivity index (χ4n) is 8.67. The number of hydrogen-bond acceptors (Lipinski definition) is 2. The molecule has 6 fully saturated rings. The molecule has 0 heterocycles. The second-order valence-electron chi connectivity index (χ2n) is 11.9. The van der Waals surface area contributed by atoms with Crippen molar-refractivity contribution in [2.24, 2.45) is 23.7 Å².